The Morgan fingerprint density at radius 3 is 2.75 bits per heavy atom. The Bertz CT molecular complexity index is 868. The fourth-order valence-corrected chi connectivity index (χ4v) is 4.46. The summed E-state index contributed by atoms with van der Waals surface area (Å²) in [5, 5.41) is 6.63. The van der Waals surface area contributed by atoms with Crippen LogP contribution in [-0.4, -0.2) is 33.8 Å². The van der Waals surface area contributed by atoms with Crippen molar-refractivity contribution in [1.82, 2.24) is 5.32 Å². The van der Waals surface area contributed by atoms with E-state index in [0.717, 1.165) is 42.8 Å². The van der Waals surface area contributed by atoms with E-state index >= 15 is 0 Å². The van der Waals surface area contributed by atoms with Gasteiger partial charge in [0.05, 0.1) is 18.4 Å². The van der Waals surface area contributed by atoms with Crippen molar-refractivity contribution >= 4 is 11.4 Å². The molecule has 1 fully saturated rings. The van der Waals surface area contributed by atoms with Crippen LogP contribution in [-0.2, 0) is 12.7 Å². The van der Waals surface area contributed by atoms with Gasteiger partial charge in [-0.05, 0) is 29.2 Å². The third-order valence-corrected chi connectivity index (χ3v) is 5.76. The smallest absolute Gasteiger partial charge is 0.416 e. The molecule has 7 heteroatoms. The zero-order valence-corrected chi connectivity index (χ0v) is 15.9. The molecule has 1 saturated heterocycles. The van der Waals surface area contributed by atoms with Gasteiger partial charge >= 0.3 is 6.18 Å². The molecular formula is C21H24F3N3O. The normalized spacial score (nSPS) is 21.2. The van der Waals surface area contributed by atoms with Crippen molar-refractivity contribution in [3.05, 3.63) is 53.1 Å². The highest BCUT2D eigenvalue weighted by molar-refractivity contribution is 5.72. The predicted molar refractivity (Wildman–Crippen MR) is 104 cm³/mol. The van der Waals surface area contributed by atoms with Crippen LogP contribution < -0.4 is 20.3 Å². The van der Waals surface area contributed by atoms with Crippen LogP contribution in [0.1, 0.15) is 22.6 Å². The number of hydrogen-bond acceptors (Lipinski definition) is 4. The fourth-order valence-electron chi connectivity index (χ4n) is 4.46. The Morgan fingerprint density at radius 2 is 2.00 bits per heavy atom. The Labute approximate surface area is 162 Å². The van der Waals surface area contributed by atoms with Gasteiger partial charge in [-0.2, -0.15) is 13.2 Å². The zero-order chi connectivity index (χ0) is 19.9. The van der Waals surface area contributed by atoms with E-state index in [2.05, 4.69) is 28.6 Å². The van der Waals surface area contributed by atoms with Crippen molar-refractivity contribution in [3.63, 3.8) is 0 Å². The summed E-state index contributed by atoms with van der Waals surface area (Å²) in [7, 11) is 3.69. The maximum atomic E-state index is 13.2. The van der Waals surface area contributed by atoms with Gasteiger partial charge in [-0.3, -0.25) is 0 Å². The molecule has 2 atom stereocenters. The molecule has 2 aromatic rings. The first-order valence-electron chi connectivity index (χ1n) is 9.41. The predicted octanol–water partition coefficient (Wildman–Crippen LogP) is 4.08. The van der Waals surface area contributed by atoms with Crippen LogP contribution in [0.2, 0.25) is 0 Å². The molecule has 0 spiro atoms. The minimum atomic E-state index is -4.36. The van der Waals surface area contributed by atoms with Crippen LogP contribution in [0.15, 0.2) is 36.4 Å². The van der Waals surface area contributed by atoms with Gasteiger partial charge in [-0.1, -0.05) is 18.2 Å². The molecule has 2 N–H and O–H groups in total. The van der Waals surface area contributed by atoms with E-state index in [9.17, 15) is 13.2 Å². The number of rotatable bonds is 4. The summed E-state index contributed by atoms with van der Waals surface area (Å²) in [6.07, 6.45) is -4.36. The third-order valence-electron chi connectivity index (χ3n) is 5.76. The molecule has 0 aliphatic carbocycles. The summed E-state index contributed by atoms with van der Waals surface area (Å²) in [4.78, 5) is 2.21. The number of benzene rings is 2. The molecule has 0 radical (unpaired) electrons. The van der Waals surface area contributed by atoms with Gasteiger partial charge in [-0.15, -0.1) is 0 Å². The lowest BCUT2D eigenvalue weighted by atomic mass is 9.83. The molecule has 4 rings (SSSR count). The summed E-state index contributed by atoms with van der Waals surface area (Å²) < 4.78 is 45.4. The molecule has 4 nitrogen and oxygen atoms in total. The third kappa shape index (κ3) is 3.39. The molecule has 2 aliphatic heterocycles. The van der Waals surface area contributed by atoms with Gasteiger partial charge in [-0.25, -0.2) is 0 Å². The summed E-state index contributed by atoms with van der Waals surface area (Å²) in [5.74, 6) is 1.67. The monoisotopic (exact) mass is 391 g/mol. The van der Waals surface area contributed by atoms with E-state index in [0.29, 0.717) is 11.8 Å². The van der Waals surface area contributed by atoms with Crippen molar-refractivity contribution in [2.75, 3.05) is 44.0 Å². The second-order valence-electron chi connectivity index (χ2n) is 7.53. The maximum absolute atomic E-state index is 13.2. The number of alkyl halides is 3. The van der Waals surface area contributed by atoms with Gasteiger partial charge in [0, 0.05) is 50.9 Å². The summed E-state index contributed by atoms with van der Waals surface area (Å²) in [6, 6.07) is 9.60. The highest BCUT2D eigenvalue weighted by atomic mass is 19.4. The second kappa shape index (κ2) is 7.20. The lowest BCUT2D eigenvalue weighted by Crippen LogP contribution is -2.35. The largest absolute Gasteiger partial charge is 0.494 e. The number of nitrogens with zero attached hydrogens (tertiary/aromatic N) is 1. The standard InChI is InChI=1S/C21H24F3N3O/c1-27-12-14-9-25-11-17(14)16-7-15(8-19(28-2)20(16)27)26-10-13-5-3-4-6-18(13)21(22,23)24/h3-8,14,17,25-26H,9-12H2,1-2H3. The molecular weight excluding hydrogens is 367 g/mol. The SMILES string of the molecule is COc1cc(NCc2ccccc2C(F)(F)F)cc2c1N(C)CC1CNCC21. The fraction of sp³-hybridized carbons (Fsp3) is 0.429. The number of hydrogen-bond donors (Lipinski definition) is 2. The lowest BCUT2D eigenvalue weighted by Gasteiger charge is -2.37. The van der Waals surface area contributed by atoms with Gasteiger partial charge < -0.3 is 20.3 Å². The Kier molecular flexibility index (Phi) is 4.87. The molecule has 2 heterocycles. The highest BCUT2D eigenvalue weighted by Gasteiger charge is 2.37. The van der Waals surface area contributed by atoms with Gasteiger partial charge in [0.25, 0.3) is 0 Å². The topological polar surface area (TPSA) is 36.5 Å². The van der Waals surface area contributed by atoms with E-state index in [1.54, 1.807) is 13.2 Å². The molecule has 0 aromatic heterocycles. The van der Waals surface area contributed by atoms with Crippen LogP contribution in [0.25, 0.3) is 0 Å². The van der Waals surface area contributed by atoms with E-state index in [-0.39, 0.29) is 12.1 Å². The van der Waals surface area contributed by atoms with E-state index < -0.39 is 11.7 Å². The van der Waals surface area contributed by atoms with Crippen molar-refractivity contribution in [1.29, 1.82) is 0 Å². The molecule has 2 unspecified atom stereocenters. The quantitative estimate of drug-likeness (QED) is 0.824. The number of nitrogens with one attached hydrogen (secondary N) is 2. The molecule has 0 saturated carbocycles. The highest BCUT2D eigenvalue weighted by Crippen LogP contribution is 2.46. The Balaban J connectivity index is 1.65. The molecule has 0 amide bonds. The Morgan fingerprint density at radius 1 is 1.21 bits per heavy atom. The molecule has 2 aliphatic rings. The number of halogens is 3. The van der Waals surface area contributed by atoms with Gasteiger partial charge in [0.1, 0.15) is 5.75 Å². The minimum absolute atomic E-state index is 0.0970. The Hall–Kier alpha value is -2.41. The van der Waals surface area contributed by atoms with Crippen LogP contribution >= 0.6 is 0 Å². The number of anilines is 2. The summed E-state index contributed by atoms with van der Waals surface area (Å²) in [5.41, 5.74) is 2.66. The molecule has 28 heavy (non-hydrogen) atoms. The molecule has 150 valence electrons. The van der Waals surface area contributed by atoms with Gasteiger partial charge in [0.15, 0.2) is 0 Å². The average molecular weight is 391 g/mol. The van der Waals surface area contributed by atoms with E-state index in [1.807, 2.05) is 6.07 Å². The maximum Gasteiger partial charge on any atom is 0.416 e. The van der Waals surface area contributed by atoms with Crippen molar-refractivity contribution < 1.29 is 17.9 Å². The number of fused-ring (bicyclic) bond motifs is 3. The van der Waals surface area contributed by atoms with Crippen LogP contribution in [0.3, 0.4) is 0 Å². The van der Waals surface area contributed by atoms with E-state index in [4.69, 9.17) is 4.74 Å². The minimum Gasteiger partial charge on any atom is -0.494 e. The van der Waals surface area contributed by atoms with Crippen LogP contribution in [0.5, 0.6) is 5.75 Å². The second-order valence-corrected chi connectivity index (χ2v) is 7.53. The first-order chi connectivity index (χ1) is 13.4. The first-order valence-corrected chi connectivity index (χ1v) is 9.41. The zero-order valence-electron chi connectivity index (χ0n) is 15.9. The van der Waals surface area contributed by atoms with Crippen LogP contribution in [0.4, 0.5) is 24.5 Å². The number of ether oxygens (including phenoxy) is 1. The van der Waals surface area contributed by atoms with Gasteiger partial charge in [0.2, 0.25) is 0 Å². The average Bonchev–Trinajstić information content (AvgIpc) is 3.13. The lowest BCUT2D eigenvalue weighted by molar-refractivity contribution is -0.138. The molecule has 2 aromatic carbocycles. The molecule has 0 bridgehead atoms. The summed E-state index contributed by atoms with van der Waals surface area (Å²) in [6.45, 7) is 2.95. The van der Waals surface area contributed by atoms with Crippen molar-refractivity contribution in [2.45, 2.75) is 18.6 Å². The van der Waals surface area contributed by atoms with Crippen molar-refractivity contribution in [3.8, 4) is 5.75 Å². The van der Waals surface area contributed by atoms with Crippen LogP contribution in [0, 0.1) is 5.92 Å². The summed E-state index contributed by atoms with van der Waals surface area (Å²) >= 11 is 0. The first kappa shape index (κ1) is 18.9. The van der Waals surface area contributed by atoms with Crippen molar-refractivity contribution in [2.24, 2.45) is 5.92 Å². The number of methoxy groups -OCH3 is 1. The van der Waals surface area contributed by atoms with E-state index in [1.165, 1.54) is 17.7 Å².